The number of fused-ring (bicyclic) bond motifs is 1. The van der Waals surface area contributed by atoms with E-state index in [-0.39, 0.29) is 5.95 Å². The van der Waals surface area contributed by atoms with Gasteiger partial charge in [-0.05, 0) is 24.3 Å². The van der Waals surface area contributed by atoms with Gasteiger partial charge in [-0.2, -0.15) is 4.98 Å². The molecule has 0 saturated heterocycles. The number of benzene rings is 3. The summed E-state index contributed by atoms with van der Waals surface area (Å²) in [5.74, 6) is 0.799. The largest absolute Gasteiger partial charge is 0.368 e. The fourth-order valence-corrected chi connectivity index (χ4v) is 3.61. The highest BCUT2D eigenvalue weighted by atomic mass is 79.9. The summed E-state index contributed by atoms with van der Waals surface area (Å²) in [5.41, 5.74) is 10.1. The Labute approximate surface area is 170 Å². The van der Waals surface area contributed by atoms with Crippen molar-refractivity contribution in [2.24, 2.45) is 0 Å². The predicted molar refractivity (Wildman–Crippen MR) is 117 cm³/mol. The molecule has 28 heavy (non-hydrogen) atoms. The minimum Gasteiger partial charge on any atom is -0.368 e. The van der Waals surface area contributed by atoms with Crippen LogP contribution in [0.25, 0.3) is 22.0 Å². The van der Waals surface area contributed by atoms with Crippen molar-refractivity contribution in [2.45, 2.75) is 0 Å². The average molecular weight is 434 g/mol. The molecule has 0 saturated carbocycles. The Kier molecular flexibility index (Phi) is 4.90. The summed E-state index contributed by atoms with van der Waals surface area (Å²) in [6.45, 7) is 0. The maximum atomic E-state index is 11.0. The molecule has 0 spiro atoms. The van der Waals surface area contributed by atoms with Gasteiger partial charge in [0.1, 0.15) is 0 Å². The van der Waals surface area contributed by atoms with Gasteiger partial charge in [0.15, 0.2) is 5.82 Å². The number of nitrogens with one attached hydrogen (secondary N) is 1. The van der Waals surface area contributed by atoms with Gasteiger partial charge in [-0.1, -0.05) is 48.5 Å². The lowest BCUT2D eigenvalue weighted by atomic mass is 10.0. The van der Waals surface area contributed by atoms with Crippen LogP contribution in [0.5, 0.6) is 0 Å². The standard InChI is InChI=1S/C21H16BrN5O/c22-27(14-7-2-1-3-8-14)20-17-11-6-10-16(19(17)25-21(23)26-20)15-9-4-5-12-18(15)24-13-28/h1-13H,(H,24,28)(H2,23,25,26). The minimum atomic E-state index is 0.163. The van der Waals surface area contributed by atoms with Gasteiger partial charge in [0, 0.05) is 22.2 Å². The number of aromatic nitrogens is 2. The van der Waals surface area contributed by atoms with E-state index in [0.29, 0.717) is 23.4 Å². The molecule has 3 aromatic carbocycles. The number of carbonyl (C=O) groups excluding carboxylic acids is 1. The van der Waals surface area contributed by atoms with Crippen LogP contribution in [0.15, 0.2) is 72.8 Å². The summed E-state index contributed by atoms with van der Waals surface area (Å²) in [4.78, 5) is 19.9. The van der Waals surface area contributed by atoms with Crippen LogP contribution in [0.2, 0.25) is 0 Å². The Balaban J connectivity index is 1.95. The molecule has 0 aliphatic rings. The second kappa shape index (κ2) is 7.66. The van der Waals surface area contributed by atoms with E-state index in [1.165, 1.54) is 0 Å². The van der Waals surface area contributed by atoms with Crippen LogP contribution in [-0.2, 0) is 4.79 Å². The Morgan fingerprint density at radius 1 is 0.893 bits per heavy atom. The van der Waals surface area contributed by atoms with Crippen LogP contribution in [0.4, 0.5) is 23.1 Å². The van der Waals surface area contributed by atoms with Crippen molar-refractivity contribution in [3.05, 3.63) is 72.8 Å². The predicted octanol–water partition coefficient (Wildman–Crippen LogP) is 4.90. The first-order valence-electron chi connectivity index (χ1n) is 8.56. The fourth-order valence-electron chi connectivity index (χ4n) is 3.11. The third-order valence-corrected chi connectivity index (χ3v) is 5.07. The Bertz CT molecular complexity index is 1150. The number of halogens is 1. The number of nitrogen functional groups attached to an aromatic ring is 1. The molecular weight excluding hydrogens is 418 g/mol. The van der Waals surface area contributed by atoms with E-state index in [4.69, 9.17) is 5.73 Å². The molecule has 0 fully saturated rings. The minimum absolute atomic E-state index is 0.163. The lowest BCUT2D eigenvalue weighted by Gasteiger charge is -2.19. The second-order valence-electron chi connectivity index (χ2n) is 6.03. The van der Waals surface area contributed by atoms with Crippen LogP contribution in [0.1, 0.15) is 0 Å². The van der Waals surface area contributed by atoms with Crippen molar-refractivity contribution >= 4 is 56.6 Å². The molecule has 0 aliphatic carbocycles. The van der Waals surface area contributed by atoms with E-state index < -0.39 is 0 Å². The smallest absolute Gasteiger partial charge is 0.222 e. The maximum Gasteiger partial charge on any atom is 0.222 e. The molecule has 0 bridgehead atoms. The van der Waals surface area contributed by atoms with Crippen LogP contribution in [-0.4, -0.2) is 16.4 Å². The molecule has 0 unspecified atom stereocenters. The highest BCUT2D eigenvalue weighted by Gasteiger charge is 2.17. The Morgan fingerprint density at radius 3 is 2.39 bits per heavy atom. The van der Waals surface area contributed by atoms with Crippen molar-refractivity contribution < 1.29 is 4.79 Å². The van der Waals surface area contributed by atoms with Crippen molar-refractivity contribution in [1.82, 2.24) is 9.97 Å². The van der Waals surface area contributed by atoms with Gasteiger partial charge >= 0.3 is 0 Å². The summed E-state index contributed by atoms with van der Waals surface area (Å²) in [6, 6.07) is 23.2. The molecule has 1 amide bonds. The molecule has 7 heteroatoms. The van der Waals surface area contributed by atoms with Crippen molar-refractivity contribution in [3.8, 4) is 11.1 Å². The first-order valence-corrected chi connectivity index (χ1v) is 9.27. The van der Waals surface area contributed by atoms with E-state index >= 15 is 0 Å². The third-order valence-electron chi connectivity index (χ3n) is 4.32. The summed E-state index contributed by atoms with van der Waals surface area (Å²) in [7, 11) is 0. The second-order valence-corrected chi connectivity index (χ2v) is 6.74. The number of hydrogen-bond acceptors (Lipinski definition) is 5. The van der Waals surface area contributed by atoms with E-state index in [1.54, 1.807) is 3.93 Å². The molecule has 4 aromatic rings. The number of para-hydroxylation sites is 3. The van der Waals surface area contributed by atoms with Crippen LogP contribution in [0, 0.1) is 0 Å². The summed E-state index contributed by atoms with van der Waals surface area (Å²) in [6.07, 6.45) is 0.661. The van der Waals surface area contributed by atoms with Gasteiger partial charge in [0.2, 0.25) is 12.4 Å². The molecule has 1 aromatic heterocycles. The van der Waals surface area contributed by atoms with Gasteiger partial charge in [-0.25, -0.2) is 4.98 Å². The third kappa shape index (κ3) is 3.27. The molecule has 0 atom stereocenters. The zero-order valence-corrected chi connectivity index (χ0v) is 16.3. The SMILES string of the molecule is Nc1nc(N(Br)c2ccccc2)c2cccc(-c3ccccc3NC=O)c2n1. The molecule has 3 N–H and O–H groups in total. The van der Waals surface area contributed by atoms with Crippen molar-refractivity contribution in [3.63, 3.8) is 0 Å². The maximum absolute atomic E-state index is 11.0. The lowest BCUT2D eigenvalue weighted by Crippen LogP contribution is -2.08. The van der Waals surface area contributed by atoms with Gasteiger partial charge in [0.05, 0.1) is 27.4 Å². The monoisotopic (exact) mass is 433 g/mol. The van der Waals surface area contributed by atoms with E-state index in [0.717, 1.165) is 22.2 Å². The highest BCUT2D eigenvalue weighted by Crippen LogP contribution is 2.38. The number of nitrogens with zero attached hydrogens (tertiary/aromatic N) is 3. The molecule has 1 heterocycles. The van der Waals surface area contributed by atoms with Gasteiger partial charge in [-0.15, -0.1) is 0 Å². The Morgan fingerprint density at radius 2 is 1.61 bits per heavy atom. The number of rotatable bonds is 5. The molecule has 6 nitrogen and oxygen atoms in total. The zero-order valence-electron chi connectivity index (χ0n) is 14.7. The lowest BCUT2D eigenvalue weighted by molar-refractivity contribution is -0.105. The van der Waals surface area contributed by atoms with Crippen LogP contribution >= 0.6 is 16.1 Å². The van der Waals surface area contributed by atoms with Gasteiger partial charge in [-0.3, -0.25) is 8.72 Å². The Hall–Kier alpha value is -3.45. The topological polar surface area (TPSA) is 84.1 Å². The number of hydrogen-bond donors (Lipinski definition) is 2. The first kappa shape index (κ1) is 17.9. The average Bonchev–Trinajstić information content (AvgIpc) is 2.73. The first-order chi connectivity index (χ1) is 13.7. The molecule has 0 radical (unpaired) electrons. The van der Waals surface area contributed by atoms with E-state index in [2.05, 4.69) is 31.4 Å². The normalized spacial score (nSPS) is 10.6. The molecular formula is C21H16BrN5O. The quantitative estimate of drug-likeness (QED) is 0.345. The summed E-state index contributed by atoms with van der Waals surface area (Å²) in [5, 5.41) is 3.57. The van der Waals surface area contributed by atoms with E-state index in [9.17, 15) is 4.79 Å². The highest BCUT2D eigenvalue weighted by molar-refractivity contribution is 9.10. The molecule has 138 valence electrons. The van der Waals surface area contributed by atoms with Gasteiger partial charge in [0.25, 0.3) is 0 Å². The number of amides is 1. The van der Waals surface area contributed by atoms with Gasteiger partial charge < -0.3 is 11.1 Å². The number of carbonyl (C=O) groups is 1. The number of anilines is 4. The van der Waals surface area contributed by atoms with E-state index in [1.807, 2.05) is 72.8 Å². The molecule has 0 aliphatic heterocycles. The summed E-state index contributed by atoms with van der Waals surface area (Å²) < 4.78 is 1.80. The zero-order chi connectivity index (χ0) is 19.5. The van der Waals surface area contributed by atoms with Crippen LogP contribution in [0.3, 0.4) is 0 Å². The summed E-state index contributed by atoms with van der Waals surface area (Å²) >= 11 is 3.60. The van der Waals surface area contributed by atoms with Crippen molar-refractivity contribution in [2.75, 3.05) is 15.0 Å². The van der Waals surface area contributed by atoms with Crippen LogP contribution < -0.4 is 15.0 Å². The fraction of sp³-hybridized carbons (Fsp3) is 0. The molecule has 4 rings (SSSR count). The number of nitrogens with two attached hydrogens (primary N) is 1. The van der Waals surface area contributed by atoms with Crippen molar-refractivity contribution in [1.29, 1.82) is 0 Å².